The smallest absolute Gasteiger partial charge is 0.328 e. The summed E-state index contributed by atoms with van der Waals surface area (Å²) in [6.45, 7) is 12.5. The highest BCUT2D eigenvalue weighted by molar-refractivity contribution is 5.86. The topological polar surface area (TPSA) is 55.4 Å². The van der Waals surface area contributed by atoms with Crippen LogP contribution in [0.4, 0.5) is 0 Å². The SMILES string of the molecule is C/C=C\C=C(/CC)CC(NC(=O)C1CCC(C(C)C)CC1)C(=O)OC.CC. The molecule has 1 amide bonds. The number of hydrogen-bond donors (Lipinski definition) is 1. The molecular weight excluding hydrogens is 338 g/mol. The van der Waals surface area contributed by atoms with Crippen molar-refractivity contribution in [1.29, 1.82) is 0 Å². The molecule has 0 heterocycles. The van der Waals surface area contributed by atoms with Gasteiger partial charge in [0, 0.05) is 5.92 Å². The fraction of sp³-hybridized carbons (Fsp3) is 0.739. The van der Waals surface area contributed by atoms with E-state index in [4.69, 9.17) is 4.74 Å². The fourth-order valence-electron chi connectivity index (χ4n) is 3.50. The molecule has 0 aromatic carbocycles. The van der Waals surface area contributed by atoms with Gasteiger partial charge in [-0.1, -0.05) is 58.4 Å². The molecule has 4 heteroatoms. The number of ether oxygens (including phenoxy) is 1. The number of esters is 1. The third-order valence-electron chi connectivity index (χ3n) is 5.33. The van der Waals surface area contributed by atoms with Gasteiger partial charge < -0.3 is 10.1 Å². The molecule has 1 atom stereocenters. The molecule has 0 spiro atoms. The highest BCUT2D eigenvalue weighted by atomic mass is 16.5. The van der Waals surface area contributed by atoms with Crippen molar-refractivity contribution in [3.8, 4) is 0 Å². The van der Waals surface area contributed by atoms with Crippen molar-refractivity contribution in [1.82, 2.24) is 5.32 Å². The Kier molecular flexibility index (Phi) is 13.6. The van der Waals surface area contributed by atoms with E-state index in [0.717, 1.165) is 43.6 Å². The van der Waals surface area contributed by atoms with E-state index in [1.165, 1.54) is 7.11 Å². The summed E-state index contributed by atoms with van der Waals surface area (Å²) in [4.78, 5) is 24.8. The monoisotopic (exact) mass is 379 g/mol. The summed E-state index contributed by atoms with van der Waals surface area (Å²) in [6, 6.07) is -0.600. The van der Waals surface area contributed by atoms with Crippen LogP contribution < -0.4 is 5.32 Å². The normalized spacial score (nSPS) is 21.4. The predicted molar refractivity (Wildman–Crippen MR) is 113 cm³/mol. The Labute approximate surface area is 166 Å². The van der Waals surface area contributed by atoms with Crippen LogP contribution in [0.3, 0.4) is 0 Å². The summed E-state index contributed by atoms with van der Waals surface area (Å²) in [6.07, 6.45) is 11.3. The largest absolute Gasteiger partial charge is 0.467 e. The van der Waals surface area contributed by atoms with E-state index in [9.17, 15) is 9.59 Å². The van der Waals surface area contributed by atoms with Crippen molar-refractivity contribution in [2.24, 2.45) is 17.8 Å². The fourth-order valence-corrected chi connectivity index (χ4v) is 3.50. The third-order valence-corrected chi connectivity index (χ3v) is 5.33. The first-order chi connectivity index (χ1) is 12.9. The minimum absolute atomic E-state index is 0.000840. The average Bonchev–Trinajstić information content (AvgIpc) is 2.70. The van der Waals surface area contributed by atoms with Crippen LogP contribution >= 0.6 is 0 Å². The molecule has 1 saturated carbocycles. The lowest BCUT2D eigenvalue weighted by molar-refractivity contribution is -0.145. The molecule has 1 fully saturated rings. The second-order valence-electron chi connectivity index (χ2n) is 7.35. The van der Waals surface area contributed by atoms with E-state index in [2.05, 4.69) is 26.1 Å². The second-order valence-corrected chi connectivity index (χ2v) is 7.35. The molecule has 0 aliphatic heterocycles. The standard InChI is InChI=1S/C21H35NO3.C2H6/c1-6-8-9-16(7-2)14-19(21(24)25-5)22-20(23)18-12-10-17(11-13-18)15(3)4;1-2/h6,8-9,15,17-19H,7,10-14H2,1-5H3,(H,22,23);1-2H3/b8-6-,16-9+;. The second kappa shape index (κ2) is 14.5. The molecule has 4 nitrogen and oxygen atoms in total. The average molecular weight is 380 g/mol. The van der Waals surface area contributed by atoms with Gasteiger partial charge in [0.05, 0.1) is 7.11 Å². The lowest BCUT2D eigenvalue weighted by atomic mass is 9.76. The summed E-state index contributed by atoms with van der Waals surface area (Å²) >= 11 is 0. The van der Waals surface area contributed by atoms with Gasteiger partial charge in [-0.2, -0.15) is 0 Å². The van der Waals surface area contributed by atoms with E-state index in [1.54, 1.807) is 0 Å². The molecule has 0 aromatic heterocycles. The van der Waals surface area contributed by atoms with Crippen LogP contribution in [0.25, 0.3) is 0 Å². The van der Waals surface area contributed by atoms with E-state index in [-0.39, 0.29) is 17.8 Å². The number of carbonyl (C=O) groups is 2. The number of hydrogen-bond acceptors (Lipinski definition) is 3. The minimum atomic E-state index is -0.600. The number of amides is 1. The van der Waals surface area contributed by atoms with Crippen LogP contribution in [0.5, 0.6) is 0 Å². The lowest BCUT2D eigenvalue weighted by Gasteiger charge is -2.31. The Morgan fingerprint density at radius 2 is 1.74 bits per heavy atom. The molecule has 1 rings (SSSR count). The molecule has 0 bridgehead atoms. The van der Waals surface area contributed by atoms with Gasteiger partial charge >= 0.3 is 5.97 Å². The van der Waals surface area contributed by atoms with Crippen LogP contribution in [0.2, 0.25) is 0 Å². The maximum atomic E-state index is 12.6. The van der Waals surface area contributed by atoms with Crippen molar-refractivity contribution >= 4 is 11.9 Å². The van der Waals surface area contributed by atoms with Crippen LogP contribution in [0.15, 0.2) is 23.8 Å². The number of rotatable bonds is 8. The molecule has 1 aliphatic carbocycles. The summed E-state index contributed by atoms with van der Waals surface area (Å²) in [5, 5.41) is 2.94. The third kappa shape index (κ3) is 9.25. The minimum Gasteiger partial charge on any atom is -0.467 e. The van der Waals surface area contributed by atoms with E-state index >= 15 is 0 Å². The summed E-state index contributed by atoms with van der Waals surface area (Å²) in [5.74, 6) is 1.04. The predicted octanol–water partition coefficient (Wildman–Crippen LogP) is 5.44. The van der Waals surface area contributed by atoms with Gasteiger partial charge in [-0.05, 0) is 57.3 Å². The maximum Gasteiger partial charge on any atom is 0.328 e. The van der Waals surface area contributed by atoms with Crippen LogP contribution in [0.1, 0.15) is 80.1 Å². The van der Waals surface area contributed by atoms with Gasteiger partial charge in [-0.3, -0.25) is 4.79 Å². The van der Waals surface area contributed by atoms with Crippen LogP contribution in [0, 0.1) is 17.8 Å². The van der Waals surface area contributed by atoms with Crippen LogP contribution in [-0.2, 0) is 14.3 Å². The van der Waals surface area contributed by atoms with Crippen molar-refractivity contribution in [2.45, 2.75) is 86.1 Å². The summed E-state index contributed by atoms with van der Waals surface area (Å²) in [7, 11) is 1.37. The van der Waals surface area contributed by atoms with Gasteiger partial charge in [-0.15, -0.1) is 0 Å². The molecule has 0 saturated heterocycles. The first kappa shape index (κ1) is 25.4. The highest BCUT2D eigenvalue weighted by Crippen LogP contribution is 2.33. The van der Waals surface area contributed by atoms with Crippen molar-refractivity contribution < 1.29 is 14.3 Å². The highest BCUT2D eigenvalue weighted by Gasteiger charge is 2.30. The zero-order valence-electron chi connectivity index (χ0n) is 18.5. The molecular formula is C23H41NO3. The molecule has 0 aromatic rings. The molecule has 156 valence electrons. The van der Waals surface area contributed by atoms with Crippen molar-refractivity contribution in [3.05, 3.63) is 23.8 Å². The zero-order valence-corrected chi connectivity index (χ0v) is 18.5. The summed E-state index contributed by atoms with van der Waals surface area (Å²) in [5.41, 5.74) is 1.12. The Morgan fingerprint density at radius 3 is 2.19 bits per heavy atom. The van der Waals surface area contributed by atoms with Crippen molar-refractivity contribution in [3.63, 3.8) is 0 Å². The van der Waals surface area contributed by atoms with E-state index < -0.39 is 6.04 Å². The number of allylic oxidation sites excluding steroid dienone is 3. The number of nitrogens with one attached hydrogen (secondary N) is 1. The first-order valence-corrected chi connectivity index (χ1v) is 10.6. The molecule has 1 unspecified atom stereocenters. The number of methoxy groups -OCH3 is 1. The van der Waals surface area contributed by atoms with Gasteiger partial charge in [0.2, 0.25) is 5.91 Å². The molecule has 1 aliphatic rings. The molecule has 27 heavy (non-hydrogen) atoms. The Morgan fingerprint density at radius 1 is 1.15 bits per heavy atom. The Bertz CT molecular complexity index is 486. The zero-order chi connectivity index (χ0) is 20.8. The quantitative estimate of drug-likeness (QED) is 0.451. The lowest BCUT2D eigenvalue weighted by Crippen LogP contribution is -2.45. The van der Waals surface area contributed by atoms with E-state index in [1.807, 2.05) is 39.0 Å². The van der Waals surface area contributed by atoms with Crippen LogP contribution in [-0.4, -0.2) is 25.0 Å². The molecule has 0 radical (unpaired) electrons. The maximum absolute atomic E-state index is 12.6. The van der Waals surface area contributed by atoms with E-state index in [0.29, 0.717) is 12.3 Å². The van der Waals surface area contributed by atoms with Crippen molar-refractivity contribution in [2.75, 3.05) is 7.11 Å². The first-order valence-electron chi connectivity index (χ1n) is 10.6. The van der Waals surface area contributed by atoms with Gasteiger partial charge in [0.1, 0.15) is 6.04 Å². The Hall–Kier alpha value is -1.58. The Balaban J connectivity index is 0.00000326. The number of carbonyl (C=O) groups excluding carboxylic acids is 2. The summed E-state index contributed by atoms with van der Waals surface area (Å²) < 4.78 is 4.90. The molecule has 1 N–H and O–H groups in total. The van der Waals surface area contributed by atoms with Gasteiger partial charge in [0.15, 0.2) is 0 Å². The van der Waals surface area contributed by atoms with Gasteiger partial charge in [0.25, 0.3) is 0 Å². The van der Waals surface area contributed by atoms with Gasteiger partial charge in [-0.25, -0.2) is 4.79 Å².